The van der Waals surface area contributed by atoms with Crippen LogP contribution in [0.2, 0.25) is 0 Å². The molecule has 0 radical (unpaired) electrons. The molecule has 6 heteroatoms. The lowest BCUT2D eigenvalue weighted by molar-refractivity contribution is 0.0694. The lowest BCUT2D eigenvalue weighted by atomic mass is 10.1. The number of rotatable bonds is 1. The zero-order valence-electron chi connectivity index (χ0n) is 8.99. The molecule has 0 fully saturated rings. The van der Waals surface area contributed by atoms with Gasteiger partial charge in [-0.05, 0) is 24.3 Å². The van der Waals surface area contributed by atoms with Crippen LogP contribution >= 0.6 is 12.4 Å². The fourth-order valence-corrected chi connectivity index (χ4v) is 1.91. The van der Waals surface area contributed by atoms with E-state index < -0.39 is 11.5 Å². The van der Waals surface area contributed by atoms with Crippen molar-refractivity contribution in [2.75, 3.05) is 0 Å². The van der Waals surface area contributed by atoms with E-state index in [0.717, 1.165) is 0 Å². The molecule has 3 rings (SSSR count). The van der Waals surface area contributed by atoms with Gasteiger partial charge in [-0.3, -0.25) is 9.20 Å². The van der Waals surface area contributed by atoms with Gasteiger partial charge in [0.05, 0.1) is 11.8 Å². The average molecular weight is 266 g/mol. The smallest absolute Gasteiger partial charge is 0.341 e. The van der Waals surface area contributed by atoms with Crippen LogP contribution in [0, 0.1) is 0 Å². The van der Waals surface area contributed by atoms with Crippen molar-refractivity contribution in [1.82, 2.24) is 4.40 Å². The fraction of sp³-hybridized carbons (Fsp3) is 0. The van der Waals surface area contributed by atoms with Gasteiger partial charge in [0.1, 0.15) is 5.56 Å². The van der Waals surface area contributed by atoms with Crippen molar-refractivity contribution in [3.8, 4) is 5.75 Å². The van der Waals surface area contributed by atoms with E-state index in [2.05, 4.69) is 0 Å². The first-order valence-corrected chi connectivity index (χ1v) is 4.93. The molecule has 0 saturated heterocycles. The molecule has 0 amide bonds. The van der Waals surface area contributed by atoms with Gasteiger partial charge in [-0.1, -0.05) is 0 Å². The maximum atomic E-state index is 11.9. The summed E-state index contributed by atoms with van der Waals surface area (Å²) in [6, 6.07) is 4.73. The van der Waals surface area contributed by atoms with Gasteiger partial charge in [-0.2, -0.15) is 0 Å². The summed E-state index contributed by atoms with van der Waals surface area (Å²) >= 11 is 0. The van der Waals surface area contributed by atoms with Crippen molar-refractivity contribution >= 4 is 30.0 Å². The normalized spacial score (nSPS) is 11.8. The third kappa shape index (κ3) is 1.56. The van der Waals surface area contributed by atoms with Crippen LogP contribution in [-0.2, 0) is 0 Å². The Morgan fingerprint density at radius 2 is 2.17 bits per heavy atom. The molecule has 18 heavy (non-hydrogen) atoms. The molecule has 92 valence electrons. The molecule has 0 aromatic carbocycles. The van der Waals surface area contributed by atoms with Crippen LogP contribution in [0.15, 0.2) is 35.5 Å². The van der Waals surface area contributed by atoms with Crippen molar-refractivity contribution in [3.05, 3.63) is 52.1 Å². The lowest BCUT2D eigenvalue weighted by Crippen LogP contribution is -2.23. The summed E-state index contributed by atoms with van der Waals surface area (Å²) in [7, 11) is 0. The SMILES string of the molecule is Cl.O=C(O)c1cc2c3c(cccn3c1=O)OC=C2. The Morgan fingerprint density at radius 1 is 1.39 bits per heavy atom. The molecule has 0 bridgehead atoms. The van der Waals surface area contributed by atoms with Crippen LogP contribution in [0.5, 0.6) is 5.75 Å². The highest BCUT2D eigenvalue weighted by atomic mass is 35.5. The molecule has 0 spiro atoms. The van der Waals surface area contributed by atoms with Crippen LogP contribution in [0.3, 0.4) is 0 Å². The van der Waals surface area contributed by atoms with Gasteiger partial charge in [-0.25, -0.2) is 4.79 Å². The maximum Gasteiger partial charge on any atom is 0.341 e. The molecule has 3 heterocycles. The zero-order chi connectivity index (χ0) is 12.0. The molecular weight excluding hydrogens is 258 g/mol. The molecule has 0 aliphatic carbocycles. The number of hydrogen-bond acceptors (Lipinski definition) is 3. The Labute approximate surface area is 107 Å². The maximum absolute atomic E-state index is 11.9. The van der Waals surface area contributed by atoms with Gasteiger partial charge >= 0.3 is 5.97 Å². The number of hydrogen-bond donors (Lipinski definition) is 1. The minimum Gasteiger partial charge on any atom is -0.477 e. The number of aromatic carboxylic acids is 1. The van der Waals surface area contributed by atoms with Gasteiger partial charge in [0.25, 0.3) is 5.56 Å². The Morgan fingerprint density at radius 3 is 2.89 bits per heavy atom. The summed E-state index contributed by atoms with van der Waals surface area (Å²) in [6.45, 7) is 0. The number of halogens is 1. The second-order valence-electron chi connectivity index (χ2n) is 3.64. The van der Waals surface area contributed by atoms with E-state index in [-0.39, 0.29) is 18.0 Å². The third-order valence-corrected chi connectivity index (χ3v) is 2.65. The Hall–Kier alpha value is -2.27. The molecular formula is C12H8ClNO4. The summed E-state index contributed by atoms with van der Waals surface area (Å²) in [5, 5.41) is 8.96. The highest BCUT2D eigenvalue weighted by Crippen LogP contribution is 2.27. The van der Waals surface area contributed by atoms with Gasteiger partial charge in [0.15, 0.2) is 5.75 Å². The van der Waals surface area contributed by atoms with E-state index in [4.69, 9.17) is 9.84 Å². The number of carboxylic acid groups (broad SMARTS) is 1. The largest absolute Gasteiger partial charge is 0.477 e. The van der Waals surface area contributed by atoms with E-state index in [1.807, 2.05) is 0 Å². The molecule has 2 aromatic heterocycles. The summed E-state index contributed by atoms with van der Waals surface area (Å²) in [5.74, 6) is -0.690. The van der Waals surface area contributed by atoms with E-state index in [1.165, 1.54) is 22.9 Å². The third-order valence-electron chi connectivity index (χ3n) is 2.65. The molecule has 1 N–H and O–H groups in total. The highest BCUT2D eigenvalue weighted by Gasteiger charge is 2.17. The van der Waals surface area contributed by atoms with E-state index in [9.17, 15) is 9.59 Å². The molecule has 1 aliphatic rings. The zero-order valence-corrected chi connectivity index (χ0v) is 9.81. The summed E-state index contributed by atoms with van der Waals surface area (Å²) in [4.78, 5) is 22.9. The van der Waals surface area contributed by atoms with E-state index in [1.54, 1.807) is 18.2 Å². The predicted molar refractivity (Wildman–Crippen MR) is 67.5 cm³/mol. The van der Waals surface area contributed by atoms with Crippen LogP contribution in [-0.4, -0.2) is 15.5 Å². The molecule has 0 unspecified atom stereocenters. The first-order valence-electron chi connectivity index (χ1n) is 4.93. The number of aromatic nitrogens is 1. The number of ether oxygens (including phenoxy) is 1. The topological polar surface area (TPSA) is 68.0 Å². The monoisotopic (exact) mass is 265 g/mol. The van der Waals surface area contributed by atoms with Gasteiger partial charge in [-0.15, -0.1) is 12.4 Å². The summed E-state index contributed by atoms with van der Waals surface area (Å²) < 4.78 is 6.55. The van der Waals surface area contributed by atoms with Crippen LogP contribution in [0.25, 0.3) is 11.6 Å². The predicted octanol–water partition coefficient (Wildman–Crippen LogP) is 1.78. The first-order chi connectivity index (χ1) is 8.18. The Bertz CT molecular complexity index is 733. The minimum absolute atomic E-state index is 0. The van der Waals surface area contributed by atoms with Gasteiger partial charge < -0.3 is 9.84 Å². The summed E-state index contributed by atoms with van der Waals surface area (Å²) in [6.07, 6.45) is 4.63. The second-order valence-corrected chi connectivity index (χ2v) is 3.64. The van der Waals surface area contributed by atoms with E-state index >= 15 is 0 Å². The molecule has 0 atom stereocenters. The van der Waals surface area contributed by atoms with Crippen LogP contribution in [0.4, 0.5) is 0 Å². The minimum atomic E-state index is -1.23. The molecule has 1 aliphatic heterocycles. The second kappa shape index (κ2) is 4.19. The highest BCUT2D eigenvalue weighted by molar-refractivity contribution is 5.90. The van der Waals surface area contributed by atoms with Gasteiger partial charge in [0.2, 0.25) is 0 Å². The Kier molecular flexibility index (Phi) is 2.84. The summed E-state index contributed by atoms with van der Waals surface area (Å²) in [5.41, 5.74) is 0.437. The molecule has 0 saturated carbocycles. The van der Waals surface area contributed by atoms with Crippen molar-refractivity contribution < 1.29 is 14.6 Å². The van der Waals surface area contributed by atoms with Gasteiger partial charge in [0, 0.05) is 11.8 Å². The number of carboxylic acids is 1. The quantitative estimate of drug-likeness (QED) is 0.853. The van der Waals surface area contributed by atoms with Crippen molar-refractivity contribution in [3.63, 3.8) is 0 Å². The van der Waals surface area contributed by atoms with Crippen molar-refractivity contribution in [1.29, 1.82) is 0 Å². The average Bonchev–Trinajstić information content (AvgIpc) is 2.33. The number of carbonyl (C=O) groups is 1. The molecule has 5 nitrogen and oxygen atoms in total. The standard InChI is InChI=1S/C12H7NO4.ClH/c14-11-8(12(15)16)6-7-3-5-17-9-2-1-4-13(11)10(7)9;/h1-6H,(H,15,16);1H. The number of pyridine rings is 2. The lowest BCUT2D eigenvalue weighted by Gasteiger charge is -2.14. The van der Waals surface area contributed by atoms with Crippen molar-refractivity contribution in [2.45, 2.75) is 0 Å². The first kappa shape index (κ1) is 12.2. The Balaban J connectivity index is 0.00000120. The fourth-order valence-electron chi connectivity index (χ4n) is 1.91. The number of nitrogens with zero attached hydrogens (tertiary/aromatic N) is 1. The van der Waals surface area contributed by atoms with Crippen LogP contribution < -0.4 is 10.3 Å². The molecule has 2 aromatic rings. The van der Waals surface area contributed by atoms with E-state index in [0.29, 0.717) is 16.8 Å². The van der Waals surface area contributed by atoms with Crippen LogP contribution in [0.1, 0.15) is 15.9 Å². The van der Waals surface area contributed by atoms with Crippen molar-refractivity contribution in [2.24, 2.45) is 0 Å².